The molecule has 0 unspecified atom stereocenters. The summed E-state index contributed by atoms with van der Waals surface area (Å²) in [6.45, 7) is 1.95. The largest absolute Gasteiger partial charge is 0.486 e. The second-order valence-electron chi connectivity index (χ2n) is 8.97. The van der Waals surface area contributed by atoms with E-state index in [0.29, 0.717) is 56.2 Å². The smallest absolute Gasteiger partial charge is 0.241 e. The Bertz CT molecular complexity index is 1260. The minimum Gasteiger partial charge on any atom is -0.486 e. The minimum absolute atomic E-state index is 0.0373. The molecule has 1 fully saturated rings. The van der Waals surface area contributed by atoms with E-state index >= 15 is 0 Å². The molecule has 7 nitrogen and oxygen atoms in total. The van der Waals surface area contributed by atoms with Gasteiger partial charge in [-0.3, -0.25) is 14.4 Å². The van der Waals surface area contributed by atoms with Gasteiger partial charge in [-0.15, -0.1) is 0 Å². The van der Waals surface area contributed by atoms with Gasteiger partial charge in [-0.2, -0.15) is 0 Å². The van der Waals surface area contributed by atoms with E-state index in [1.807, 2.05) is 42.5 Å². The van der Waals surface area contributed by atoms with Crippen LogP contribution in [0.15, 0.2) is 60.7 Å². The Kier molecular flexibility index (Phi) is 6.66. The number of carbonyl (C=O) groups excluding carboxylic acids is 3. The minimum atomic E-state index is -0.182. The van der Waals surface area contributed by atoms with Gasteiger partial charge in [0.1, 0.15) is 13.2 Å². The number of nitrogens with one attached hydrogen (secondary N) is 1. The van der Waals surface area contributed by atoms with Crippen LogP contribution in [0.5, 0.6) is 11.5 Å². The highest BCUT2D eigenvalue weighted by molar-refractivity contribution is 5.98. The lowest BCUT2D eigenvalue weighted by Gasteiger charge is -2.31. The lowest BCUT2D eigenvalue weighted by molar-refractivity contribution is -0.133. The molecule has 1 saturated heterocycles. The summed E-state index contributed by atoms with van der Waals surface area (Å²) in [6, 6.07) is 19.1. The molecule has 1 N–H and O–H groups in total. The number of carbonyl (C=O) groups is 3. The van der Waals surface area contributed by atoms with Crippen LogP contribution in [0.3, 0.4) is 0 Å². The van der Waals surface area contributed by atoms with Crippen molar-refractivity contribution in [1.82, 2.24) is 10.2 Å². The predicted octanol–water partition coefficient (Wildman–Crippen LogP) is 3.39. The molecule has 0 spiro atoms. The SMILES string of the molecule is O=C(Cc1cccc2ccccc12)NCC(=O)N1CCC(C(=O)c2ccc3c(c2)OCCO3)CC1. The van der Waals surface area contributed by atoms with Crippen LogP contribution in [0.4, 0.5) is 0 Å². The maximum absolute atomic E-state index is 13.0. The Balaban J connectivity index is 1.10. The Morgan fingerprint density at radius 3 is 2.46 bits per heavy atom. The molecule has 2 aliphatic heterocycles. The average Bonchev–Trinajstić information content (AvgIpc) is 2.91. The van der Waals surface area contributed by atoms with Crippen molar-refractivity contribution in [1.29, 1.82) is 0 Å². The fourth-order valence-corrected chi connectivity index (χ4v) is 4.79. The number of likely N-dealkylation sites (tertiary alicyclic amines) is 1. The van der Waals surface area contributed by atoms with Crippen molar-refractivity contribution < 1.29 is 23.9 Å². The van der Waals surface area contributed by atoms with Crippen LogP contribution in [0.25, 0.3) is 10.8 Å². The van der Waals surface area contributed by atoms with Gasteiger partial charge in [0, 0.05) is 24.6 Å². The summed E-state index contributed by atoms with van der Waals surface area (Å²) in [5, 5.41) is 4.89. The van der Waals surface area contributed by atoms with Crippen molar-refractivity contribution >= 4 is 28.4 Å². The van der Waals surface area contributed by atoms with Crippen LogP contribution in [0.2, 0.25) is 0 Å². The third-order valence-corrected chi connectivity index (χ3v) is 6.71. The van der Waals surface area contributed by atoms with E-state index in [2.05, 4.69) is 5.32 Å². The summed E-state index contributed by atoms with van der Waals surface area (Å²) in [5.74, 6) is 0.893. The Labute approximate surface area is 204 Å². The lowest BCUT2D eigenvalue weighted by atomic mass is 9.88. The summed E-state index contributed by atoms with van der Waals surface area (Å²) >= 11 is 0. The number of ketones is 1. The van der Waals surface area contributed by atoms with E-state index in [1.165, 1.54) is 0 Å². The number of amides is 2. The Hall–Kier alpha value is -3.87. The number of Topliss-reactive ketones (excluding diaryl/α,β-unsaturated/α-hetero) is 1. The highest BCUT2D eigenvalue weighted by Crippen LogP contribution is 2.32. The first-order chi connectivity index (χ1) is 17.1. The van der Waals surface area contributed by atoms with E-state index < -0.39 is 0 Å². The molecule has 0 radical (unpaired) electrons. The molecular formula is C28H28N2O5. The van der Waals surface area contributed by atoms with Gasteiger partial charge < -0.3 is 19.7 Å². The monoisotopic (exact) mass is 472 g/mol. The fraction of sp³-hybridized carbons (Fsp3) is 0.321. The molecule has 5 rings (SSSR count). The highest BCUT2D eigenvalue weighted by atomic mass is 16.6. The van der Waals surface area contributed by atoms with E-state index in [0.717, 1.165) is 16.3 Å². The summed E-state index contributed by atoms with van der Waals surface area (Å²) in [7, 11) is 0. The van der Waals surface area contributed by atoms with Gasteiger partial charge in [-0.05, 0) is 47.4 Å². The number of hydrogen-bond acceptors (Lipinski definition) is 5. The van der Waals surface area contributed by atoms with Crippen molar-refractivity contribution in [2.75, 3.05) is 32.8 Å². The molecule has 0 atom stereocenters. The van der Waals surface area contributed by atoms with Gasteiger partial charge in [0.05, 0.1) is 13.0 Å². The van der Waals surface area contributed by atoms with Crippen molar-refractivity contribution in [2.24, 2.45) is 5.92 Å². The molecule has 7 heteroatoms. The van der Waals surface area contributed by atoms with E-state index in [1.54, 1.807) is 23.1 Å². The molecule has 2 amide bonds. The molecular weight excluding hydrogens is 444 g/mol. The molecule has 2 heterocycles. The molecule has 0 saturated carbocycles. The molecule has 3 aromatic rings. The van der Waals surface area contributed by atoms with Crippen LogP contribution in [0, 0.1) is 5.92 Å². The lowest BCUT2D eigenvalue weighted by Crippen LogP contribution is -2.45. The Morgan fingerprint density at radius 1 is 0.886 bits per heavy atom. The standard InChI is InChI=1S/C28H28N2O5/c31-26(17-21-6-3-5-19-4-1-2-7-23(19)21)29-18-27(32)30-12-10-20(11-13-30)28(33)22-8-9-24-25(16-22)35-15-14-34-24/h1-9,16,20H,10-15,17-18H2,(H,29,31). The predicted molar refractivity (Wildman–Crippen MR) is 132 cm³/mol. The van der Waals surface area contributed by atoms with Crippen molar-refractivity contribution in [3.8, 4) is 11.5 Å². The molecule has 3 aromatic carbocycles. The summed E-state index contributed by atoms with van der Waals surface area (Å²) < 4.78 is 11.1. The molecule has 0 bridgehead atoms. The Morgan fingerprint density at radius 2 is 1.63 bits per heavy atom. The van der Waals surface area contributed by atoms with Crippen LogP contribution in [-0.4, -0.2) is 55.3 Å². The van der Waals surface area contributed by atoms with E-state index in [9.17, 15) is 14.4 Å². The highest BCUT2D eigenvalue weighted by Gasteiger charge is 2.29. The third-order valence-electron chi connectivity index (χ3n) is 6.71. The van der Waals surface area contributed by atoms with Gasteiger partial charge in [0.15, 0.2) is 17.3 Å². The van der Waals surface area contributed by atoms with Crippen molar-refractivity contribution in [3.63, 3.8) is 0 Å². The number of hydrogen-bond donors (Lipinski definition) is 1. The maximum atomic E-state index is 13.0. The zero-order valence-electron chi connectivity index (χ0n) is 19.5. The molecule has 2 aliphatic rings. The van der Waals surface area contributed by atoms with Crippen molar-refractivity contribution in [3.05, 3.63) is 71.8 Å². The van der Waals surface area contributed by atoms with Crippen LogP contribution < -0.4 is 14.8 Å². The number of ether oxygens (including phenoxy) is 2. The second kappa shape index (κ2) is 10.2. The number of benzene rings is 3. The van der Waals surface area contributed by atoms with E-state index in [-0.39, 0.29) is 36.5 Å². The van der Waals surface area contributed by atoms with Crippen molar-refractivity contribution in [2.45, 2.75) is 19.3 Å². The molecule has 35 heavy (non-hydrogen) atoms. The first-order valence-corrected chi connectivity index (χ1v) is 12.0. The normalized spacial score (nSPS) is 15.6. The van der Waals surface area contributed by atoms with Gasteiger partial charge in [-0.1, -0.05) is 42.5 Å². The number of rotatable bonds is 6. The average molecular weight is 473 g/mol. The first-order valence-electron chi connectivity index (χ1n) is 12.0. The topological polar surface area (TPSA) is 84.9 Å². The van der Waals surface area contributed by atoms with Gasteiger partial charge >= 0.3 is 0 Å². The quantitative estimate of drug-likeness (QED) is 0.556. The van der Waals surface area contributed by atoms with Crippen LogP contribution in [0.1, 0.15) is 28.8 Å². The van der Waals surface area contributed by atoms with Gasteiger partial charge in [0.25, 0.3) is 0 Å². The molecule has 180 valence electrons. The summed E-state index contributed by atoms with van der Waals surface area (Å²) in [6.07, 6.45) is 1.42. The first kappa shape index (κ1) is 22.9. The second-order valence-corrected chi connectivity index (χ2v) is 8.97. The van der Waals surface area contributed by atoms with Gasteiger partial charge in [0.2, 0.25) is 11.8 Å². The third kappa shape index (κ3) is 5.14. The number of fused-ring (bicyclic) bond motifs is 2. The van der Waals surface area contributed by atoms with E-state index in [4.69, 9.17) is 9.47 Å². The van der Waals surface area contributed by atoms with Crippen LogP contribution in [-0.2, 0) is 16.0 Å². The van der Waals surface area contributed by atoms with Gasteiger partial charge in [-0.25, -0.2) is 0 Å². The zero-order chi connectivity index (χ0) is 24.2. The summed E-state index contributed by atoms with van der Waals surface area (Å²) in [4.78, 5) is 39.9. The number of nitrogens with zero attached hydrogens (tertiary/aromatic N) is 1. The molecule has 0 aliphatic carbocycles. The zero-order valence-corrected chi connectivity index (χ0v) is 19.5. The molecule has 0 aromatic heterocycles. The fourth-order valence-electron chi connectivity index (χ4n) is 4.79. The number of piperidine rings is 1. The summed E-state index contributed by atoms with van der Waals surface area (Å²) in [5.41, 5.74) is 1.55. The maximum Gasteiger partial charge on any atom is 0.241 e. The van der Waals surface area contributed by atoms with Crippen LogP contribution >= 0.6 is 0 Å².